The monoisotopic (exact) mass is 335 g/mol. The van der Waals surface area contributed by atoms with E-state index in [0.717, 1.165) is 64.2 Å². The number of carbonyl (C=O) groups is 2. The van der Waals surface area contributed by atoms with E-state index < -0.39 is 0 Å². The number of hydrogen-bond donors (Lipinski definition) is 2. The first-order valence-corrected chi connectivity index (χ1v) is 9.88. The lowest BCUT2D eigenvalue weighted by Crippen LogP contribution is -2.50. The third-order valence-electron chi connectivity index (χ3n) is 6.55. The summed E-state index contributed by atoms with van der Waals surface area (Å²) in [6.07, 6.45) is 8.98. The molecule has 1 spiro atoms. The zero-order valence-corrected chi connectivity index (χ0v) is 15.1. The van der Waals surface area contributed by atoms with Gasteiger partial charge in [0, 0.05) is 31.0 Å². The fourth-order valence-corrected chi connectivity index (χ4v) is 4.82. The van der Waals surface area contributed by atoms with E-state index in [1.54, 1.807) is 0 Å². The highest BCUT2D eigenvalue weighted by atomic mass is 16.2. The van der Waals surface area contributed by atoms with E-state index in [1.165, 1.54) is 19.3 Å². The van der Waals surface area contributed by atoms with E-state index in [4.69, 9.17) is 0 Å². The van der Waals surface area contributed by atoms with Gasteiger partial charge in [0.1, 0.15) is 0 Å². The highest BCUT2D eigenvalue weighted by Crippen LogP contribution is 2.35. The molecule has 0 aromatic heterocycles. The average molecular weight is 335 g/mol. The topological polar surface area (TPSA) is 61.4 Å². The molecule has 3 rings (SSSR count). The Labute approximate surface area is 145 Å². The Morgan fingerprint density at radius 3 is 2.67 bits per heavy atom. The van der Waals surface area contributed by atoms with Gasteiger partial charge in [0.25, 0.3) is 0 Å². The maximum absolute atomic E-state index is 12.5. The Hall–Kier alpha value is -1.10. The van der Waals surface area contributed by atoms with Gasteiger partial charge in [0.2, 0.25) is 11.8 Å². The maximum Gasteiger partial charge on any atom is 0.241 e. The lowest BCUT2D eigenvalue weighted by atomic mass is 9.79. The first kappa shape index (κ1) is 17.7. The molecule has 1 atom stereocenters. The van der Waals surface area contributed by atoms with Crippen molar-refractivity contribution in [3.8, 4) is 0 Å². The number of likely N-dealkylation sites (tertiary alicyclic amines) is 1. The number of nitrogens with zero attached hydrogens (tertiary/aromatic N) is 1. The molecule has 3 fully saturated rings. The first-order chi connectivity index (χ1) is 11.6. The van der Waals surface area contributed by atoms with Crippen molar-refractivity contribution in [1.82, 2.24) is 15.5 Å². The SMILES string of the molecule is CCC1CCC(C(=O)NCC(=O)N2CCC[C@]3(CCNC3)C2)CC1. The van der Waals surface area contributed by atoms with Crippen molar-refractivity contribution in [1.29, 1.82) is 0 Å². The van der Waals surface area contributed by atoms with Crippen molar-refractivity contribution in [3.05, 3.63) is 0 Å². The summed E-state index contributed by atoms with van der Waals surface area (Å²) < 4.78 is 0. The summed E-state index contributed by atoms with van der Waals surface area (Å²) in [5.41, 5.74) is 0.288. The van der Waals surface area contributed by atoms with Crippen molar-refractivity contribution >= 4 is 11.8 Å². The van der Waals surface area contributed by atoms with Gasteiger partial charge in [-0.2, -0.15) is 0 Å². The second-order valence-electron chi connectivity index (χ2n) is 8.19. The number of piperidine rings is 1. The molecule has 0 bridgehead atoms. The molecule has 2 amide bonds. The van der Waals surface area contributed by atoms with Crippen LogP contribution in [0.25, 0.3) is 0 Å². The minimum atomic E-state index is 0.0900. The third-order valence-corrected chi connectivity index (χ3v) is 6.55. The zero-order chi connectivity index (χ0) is 17.0. The summed E-state index contributed by atoms with van der Waals surface area (Å²) in [4.78, 5) is 26.8. The van der Waals surface area contributed by atoms with Crippen molar-refractivity contribution in [2.24, 2.45) is 17.3 Å². The predicted molar refractivity (Wildman–Crippen MR) is 94.5 cm³/mol. The van der Waals surface area contributed by atoms with Crippen LogP contribution >= 0.6 is 0 Å². The van der Waals surface area contributed by atoms with Gasteiger partial charge in [-0.15, -0.1) is 0 Å². The van der Waals surface area contributed by atoms with Gasteiger partial charge in [0.05, 0.1) is 6.54 Å². The van der Waals surface area contributed by atoms with Crippen LogP contribution in [-0.4, -0.2) is 49.4 Å². The molecule has 0 unspecified atom stereocenters. The first-order valence-electron chi connectivity index (χ1n) is 9.88. The van der Waals surface area contributed by atoms with E-state index >= 15 is 0 Å². The Morgan fingerprint density at radius 2 is 2.00 bits per heavy atom. The van der Waals surface area contributed by atoms with Gasteiger partial charge < -0.3 is 15.5 Å². The van der Waals surface area contributed by atoms with Crippen LogP contribution in [0, 0.1) is 17.3 Å². The molecule has 2 N–H and O–H groups in total. The number of hydrogen-bond acceptors (Lipinski definition) is 3. The molecule has 1 saturated carbocycles. The molecule has 136 valence electrons. The molecule has 2 aliphatic heterocycles. The molecule has 2 saturated heterocycles. The average Bonchev–Trinajstić information content (AvgIpc) is 3.07. The lowest BCUT2D eigenvalue weighted by molar-refractivity contribution is -0.136. The summed E-state index contributed by atoms with van der Waals surface area (Å²) in [5, 5.41) is 6.35. The minimum absolute atomic E-state index is 0.0900. The number of rotatable bonds is 4. The van der Waals surface area contributed by atoms with Crippen LogP contribution in [0.2, 0.25) is 0 Å². The summed E-state index contributed by atoms with van der Waals surface area (Å²) >= 11 is 0. The third kappa shape index (κ3) is 4.11. The van der Waals surface area contributed by atoms with Gasteiger partial charge in [-0.1, -0.05) is 13.3 Å². The Bertz CT molecular complexity index is 452. The normalized spacial score (nSPS) is 33.6. The Kier molecular flexibility index (Phi) is 5.80. The molecule has 5 heteroatoms. The molecule has 3 aliphatic rings. The van der Waals surface area contributed by atoms with Gasteiger partial charge in [-0.05, 0) is 57.4 Å². The van der Waals surface area contributed by atoms with Crippen molar-refractivity contribution in [2.75, 3.05) is 32.7 Å². The summed E-state index contributed by atoms with van der Waals surface area (Å²) in [5.74, 6) is 1.09. The molecule has 0 radical (unpaired) electrons. The van der Waals surface area contributed by atoms with Gasteiger partial charge in [-0.25, -0.2) is 0 Å². The molecular weight excluding hydrogens is 302 g/mol. The molecule has 2 heterocycles. The van der Waals surface area contributed by atoms with Crippen LogP contribution in [-0.2, 0) is 9.59 Å². The highest BCUT2D eigenvalue weighted by molar-refractivity contribution is 5.86. The van der Waals surface area contributed by atoms with Crippen LogP contribution < -0.4 is 10.6 Å². The smallest absolute Gasteiger partial charge is 0.241 e. The molecule has 1 aliphatic carbocycles. The van der Waals surface area contributed by atoms with E-state index in [9.17, 15) is 9.59 Å². The van der Waals surface area contributed by atoms with Crippen LogP contribution in [0.15, 0.2) is 0 Å². The van der Waals surface area contributed by atoms with Crippen molar-refractivity contribution in [2.45, 2.75) is 58.3 Å². The second kappa shape index (κ2) is 7.85. The molecular formula is C19H33N3O2. The minimum Gasteiger partial charge on any atom is -0.347 e. The molecule has 0 aromatic rings. The van der Waals surface area contributed by atoms with Crippen LogP contribution in [0.4, 0.5) is 0 Å². The largest absolute Gasteiger partial charge is 0.347 e. The quantitative estimate of drug-likeness (QED) is 0.825. The molecule has 0 aromatic carbocycles. The zero-order valence-electron chi connectivity index (χ0n) is 15.1. The van der Waals surface area contributed by atoms with Crippen LogP contribution in [0.1, 0.15) is 58.3 Å². The number of amides is 2. The van der Waals surface area contributed by atoms with E-state index in [2.05, 4.69) is 17.6 Å². The highest BCUT2D eigenvalue weighted by Gasteiger charge is 2.39. The second-order valence-corrected chi connectivity index (χ2v) is 8.19. The summed E-state index contributed by atoms with van der Waals surface area (Å²) in [7, 11) is 0. The van der Waals surface area contributed by atoms with Crippen LogP contribution in [0.5, 0.6) is 0 Å². The standard InChI is InChI=1S/C19H33N3O2/c1-2-15-4-6-16(7-5-15)18(24)21-12-17(23)22-11-3-8-19(14-22)9-10-20-13-19/h15-16,20H,2-14H2,1H3,(H,21,24)/t15?,16?,19-/m1/s1. The van der Waals surface area contributed by atoms with Crippen molar-refractivity contribution in [3.63, 3.8) is 0 Å². The Morgan fingerprint density at radius 1 is 1.21 bits per heavy atom. The van der Waals surface area contributed by atoms with E-state index in [0.29, 0.717) is 0 Å². The van der Waals surface area contributed by atoms with Crippen molar-refractivity contribution < 1.29 is 9.59 Å². The van der Waals surface area contributed by atoms with Gasteiger partial charge in [0.15, 0.2) is 0 Å². The fraction of sp³-hybridized carbons (Fsp3) is 0.895. The maximum atomic E-state index is 12.5. The summed E-state index contributed by atoms with van der Waals surface area (Å²) in [6.45, 7) is 6.21. The van der Waals surface area contributed by atoms with E-state index in [-0.39, 0.29) is 29.7 Å². The predicted octanol–water partition coefficient (Wildman–Crippen LogP) is 1.92. The molecule has 5 nitrogen and oxygen atoms in total. The van der Waals surface area contributed by atoms with Crippen LogP contribution in [0.3, 0.4) is 0 Å². The fourth-order valence-electron chi connectivity index (χ4n) is 4.82. The summed E-state index contributed by atoms with van der Waals surface area (Å²) in [6, 6.07) is 0. The van der Waals surface area contributed by atoms with E-state index in [1.807, 2.05) is 4.90 Å². The van der Waals surface area contributed by atoms with Gasteiger partial charge >= 0.3 is 0 Å². The molecule has 24 heavy (non-hydrogen) atoms. The number of nitrogens with one attached hydrogen (secondary N) is 2. The Balaban J connectivity index is 1.42. The van der Waals surface area contributed by atoms with Gasteiger partial charge in [-0.3, -0.25) is 9.59 Å². The lowest BCUT2D eigenvalue weighted by Gasteiger charge is -2.40. The number of carbonyl (C=O) groups excluding carboxylic acids is 2.